The number of hydrogen-bond acceptors (Lipinski definition) is 3. The Labute approximate surface area is 132 Å². The molecule has 6 heteroatoms. The summed E-state index contributed by atoms with van der Waals surface area (Å²) < 4.78 is 14.8. The van der Waals surface area contributed by atoms with Crippen LogP contribution in [-0.4, -0.2) is 20.5 Å². The predicted octanol–water partition coefficient (Wildman–Crippen LogP) is 2.29. The molecule has 1 N–H and O–H groups in total. The van der Waals surface area contributed by atoms with E-state index >= 15 is 0 Å². The molecule has 0 aliphatic heterocycles. The minimum absolute atomic E-state index is 0.00649. The molecule has 3 aromatic rings. The summed E-state index contributed by atoms with van der Waals surface area (Å²) in [5.74, 6) is 0.597. The van der Waals surface area contributed by atoms with Crippen LogP contribution in [0.15, 0.2) is 48.7 Å². The topological polar surface area (TPSA) is 59.3 Å². The van der Waals surface area contributed by atoms with Crippen LogP contribution < -0.4 is 5.32 Å². The van der Waals surface area contributed by atoms with Gasteiger partial charge in [-0.15, -0.1) is 10.2 Å². The van der Waals surface area contributed by atoms with Crippen molar-refractivity contribution in [3.63, 3.8) is 0 Å². The number of pyridine rings is 1. The van der Waals surface area contributed by atoms with Gasteiger partial charge in [0.25, 0.3) is 0 Å². The summed E-state index contributed by atoms with van der Waals surface area (Å²) in [4.78, 5) is 12.2. The maximum atomic E-state index is 12.9. The van der Waals surface area contributed by atoms with Crippen LogP contribution in [0.4, 0.5) is 4.39 Å². The third-order valence-corrected chi connectivity index (χ3v) is 4.23. The molecule has 1 aliphatic rings. The summed E-state index contributed by atoms with van der Waals surface area (Å²) in [5.41, 5.74) is 1.77. The van der Waals surface area contributed by atoms with E-state index in [0.29, 0.717) is 12.4 Å². The lowest BCUT2D eigenvalue weighted by atomic mass is 10.1. The number of hydrogen-bond donors (Lipinski definition) is 1. The molecule has 23 heavy (non-hydrogen) atoms. The monoisotopic (exact) mass is 310 g/mol. The second-order valence-corrected chi connectivity index (χ2v) is 5.76. The number of nitrogens with zero attached hydrogens (tertiary/aromatic N) is 3. The first-order valence-corrected chi connectivity index (χ1v) is 7.54. The van der Waals surface area contributed by atoms with Crippen molar-refractivity contribution in [3.05, 3.63) is 65.9 Å². The SMILES string of the molecule is O=C(NCc1nnc2ccccn12)C1CC1c1ccc(F)cc1. The zero-order chi connectivity index (χ0) is 15.8. The molecule has 2 heterocycles. The van der Waals surface area contributed by atoms with Gasteiger partial charge in [-0.2, -0.15) is 0 Å². The third-order valence-electron chi connectivity index (χ3n) is 4.23. The standard InChI is InChI=1S/C17H15FN4O/c18-12-6-4-11(5-7-12)13-9-14(13)17(23)19-10-16-21-20-15-3-1-2-8-22(15)16/h1-8,13-14H,9-10H2,(H,19,23). The van der Waals surface area contributed by atoms with Crippen molar-refractivity contribution in [2.45, 2.75) is 18.9 Å². The number of benzene rings is 1. The number of carbonyl (C=O) groups is 1. The molecule has 1 saturated carbocycles. The number of fused-ring (bicyclic) bond motifs is 1. The molecule has 4 rings (SSSR count). The number of carbonyl (C=O) groups excluding carboxylic acids is 1. The molecule has 1 aliphatic carbocycles. The smallest absolute Gasteiger partial charge is 0.224 e. The molecule has 1 fully saturated rings. The Balaban J connectivity index is 1.39. The van der Waals surface area contributed by atoms with E-state index in [-0.39, 0.29) is 23.6 Å². The molecule has 0 radical (unpaired) electrons. The largest absolute Gasteiger partial charge is 0.349 e. The van der Waals surface area contributed by atoms with E-state index in [1.807, 2.05) is 28.8 Å². The highest BCUT2D eigenvalue weighted by molar-refractivity contribution is 5.82. The first-order valence-electron chi connectivity index (χ1n) is 7.54. The first kappa shape index (κ1) is 13.9. The summed E-state index contributed by atoms with van der Waals surface area (Å²) >= 11 is 0. The van der Waals surface area contributed by atoms with Crippen LogP contribution in [0.1, 0.15) is 23.7 Å². The van der Waals surface area contributed by atoms with Gasteiger partial charge in [0.15, 0.2) is 11.5 Å². The van der Waals surface area contributed by atoms with Gasteiger partial charge in [-0.25, -0.2) is 4.39 Å². The quantitative estimate of drug-likeness (QED) is 0.804. The van der Waals surface area contributed by atoms with Crippen LogP contribution in [0.25, 0.3) is 5.65 Å². The van der Waals surface area contributed by atoms with Crippen molar-refractivity contribution in [1.82, 2.24) is 19.9 Å². The van der Waals surface area contributed by atoms with Crippen LogP contribution >= 0.6 is 0 Å². The second-order valence-electron chi connectivity index (χ2n) is 5.76. The van der Waals surface area contributed by atoms with Crippen molar-refractivity contribution in [2.75, 3.05) is 0 Å². The third kappa shape index (κ3) is 2.67. The number of nitrogens with one attached hydrogen (secondary N) is 1. The maximum Gasteiger partial charge on any atom is 0.224 e. The van der Waals surface area contributed by atoms with Gasteiger partial charge in [-0.3, -0.25) is 9.20 Å². The van der Waals surface area contributed by atoms with Gasteiger partial charge < -0.3 is 5.32 Å². The van der Waals surface area contributed by atoms with Gasteiger partial charge in [0.1, 0.15) is 5.82 Å². The highest BCUT2D eigenvalue weighted by atomic mass is 19.1. The Kier molecular flexibility index (Phi) is 3.29. The molecule has 0 saturated heterocycles. The minimum atomic E-state index is -0.255. The molecule has 5 nitrogen and oxygen atoms in total. The first-order chi connectivity index (χ1) is 11.2. The second kappa shape index (κ2) is 5.46. The van der Waals surface area contributed by atoms with Gasteiger partial charge in [0.05, 0.1) is 6.54 Å². The Morgan fingerprint density at radius 3 is 2.87 bits per heavy atom. The summed E-state index contributed by atoms with van der Waals surface area (Å²) in [6, 6.07) is 12.0. The van der Waals surface area contributed by atoms with E-state index in [2.05, 4.69) is 15.5 Å². The molecular formula is C17H15FN4O. The van der Waals surface area contributed by atoms with Crippen molar-refractivity contribution in [3.8, 4) is 0 Å². The fraction of sp³-hybridized carbons (Fsp3) is 0.235. The van der Waals surface area contributed by atoms with Gasteiger partial charge in [-0.05, 0) is 42.2 Å². The highest BCUT2D eigenvalue weighted by Crippen LogP contribution is 2.47. The van der Waals surface area contributed by atoms with E-state index in [0.717, 1.165) is 17.6 Å². The van der Waals surface area contributed by atoms with Gasteiger partial charge in [0, 0.05) is 12.1 Å². The van der Waals surface area contributed by atoms with Crippen molar-refractivity contribution < 1.29 is 9.18 Å². The van der Waals surface area contributed by atoms with E-state index in [9.17, 15) is 9.18 Å². The van der Waals surface area contributed by atoms with Crippen LogP contribution in [0, 0.1) is 11.7 Å². The Morgan fingerprint density at radius 2 is 2.04 bits per heavy atom. The zero-order valence-corrected chi connectivity index (χ0v) is 12.3. The van der Waals surface area contributed by atoms with Crippen LogP contribution in [0.3, 0.4) is 0 Å². The lowest BCUT2D eigenvalue weighted by Crippen LogP contribution is -2.25. The summed E-state index contributed by atoms with van der Waals surface area (Å²) in [5, 5.41) is 11.1. The molecule has 2 aromatic heterocycles. The molecule has 116 valence electrons. The summed E-state index contributed by atoms with van der Waals surface area (Å²) in [7, 11) is 0. The molecular weight excluding hydrogens is 295 g/mol. The summed E-state index contributed by atoms with van der Waals surface area (Å²) in [6.07, 6.45) is 2.67. The van der Waals surface area contributed by atoms with Crippen molar-refractivity contribution >= 4 is 11.6 Å². The van der Waals surface area contributed by atoms with Gasteiger partial charge >= 0.3 is 0 Å². The molecule has 0 bridgehead atoms. The van der Waals surface area contributed by atoms with Crippen LogP contribution in [-0.2, 0) is 11.3 Å². The zero-order valence-electron chi connectivity index (χ0n) is 12.3. The van der Waals surface area contributed by atoms with E-state index < -0.39 is 0 Å². The summed E-state index contributed by atoms with van der Waals surface area (Å²) in [6.45, 7) is 0.344. The number of halogens is 1. The van der Waals surface area contributed by atoms with Gasteiger partial charge in [-0.1, -0.05) is 18.2 Å². The Hall–Kier alpha value is -2.76. The average molecular weight is 310 g/mol. The molecule has 2 atom stereocenters. The number of rotatable bonds is 4. The number of aromatic nitrogens is 3. The average Bonchev–Trinajstić information content (AvgIpc) is 3.27. The van der Waals surface area contributed by atoms with E-state index in [1.165, 1.54) is 12.1 Å². The number of amides is 1. The van der Waals surface area contributed by atoms with Crippen LogP contribution in [0.5, 0.6) is 0 Å². The lowest BCUT2D eigenvalue weighted by molar-refractivity contribution is -0.122. The molecule has 1 amide bonds. The minimum Gasteiger partial charge on any atom is -0.349 e. The van der Waals surface area contributed by atoms with Crippen molar-refractivity contribution in [1.29, 1.82) is 0 Å². The highest BCUT2D eigenvalue weighted by Gasteiger charge is 2.43. The van der Waals surface area contributed by atoms with Crippen molar-refractivity contribution in [2.24, 2.45) is 5.92 Å². The van der Waals surface area contributed by atoms with E-state index in [1.54, 1.807) is 12.1 Å². The molecule has 2 unspecified atom stereocenters. The maximum absolute atomic E-state index is 12.9. The van der Waals surface area contributed by atoms with E-state index in [4.69, 9.17) is 0 Å². The molecule has 1 aromatic carbocycles. The fourth-order valence-electron chi connectivity index (χ4n) is 2.87. The van der Waals surface area contributed by atoms with Gasteiger partial charge in [0.2, 0.25) is 5.91 Å². The molecule has 0 spiro atoms. The van der Waals surface area contributed by atoms with Crippen LogP contribution in [0.2, 0.25) is 0 Å². The lowest BCUT2D eigenvalue weighted by Gasteiger charge is -2.04. The fourth-order valence-corrected chi connectivity index (χ4v) is 2.87. The predicted molar refractivity (Wildman–Crippen MR) is 82.1 cm³/mol. The normalized spacial score (nSPS) is 19.7. The Bertz CT molecular complexity index is 858. The Morgan fingerprint density at radius 1 is 1.22 bits per heavy atom.